The molecule has 2 aromatic carbocycles. The van der Waals surface area contributed by atoms with E-state index in [4.69, 9.17) is 9.72 Å². The zero-order chi connectivity index (χ0) is 18.4. The Morgan fingerprint density at radius 3 is 2.58 bits per heavy atom. The number of para-hydroxylation sites is 1. The van der Waals surface area contributed by atoms with Gasteiger partial charge in [0.05, 0.1) is 23.4 Å². The Labute approximate surface area is 155 Å². The van der Waals surface area contributed by atoms with Gasteiger partial charge < -0.3 is 4.74 Å². The van der Waals surface area contributed by atoms with E-state index < -0.39 is 0 Å². The molecule has 26 heavy (non-hydrogen) atoms. The maximum atomic E-state index is 12.7. The third-order valence-electron chi connectivity index (χ3n) is 4.56. The number of aromatic nitrogens is 1. The van der Waals surface area contributed by atoms with E-state index >= 15 is 0 Å². The summed E-state index contributed by atoms with van der Waals surface area (Å²) in [5.74, 6) is -0.267. The molecular weight excluding hydrogens is 322 g/mol. The van der Waals surface area contributed by atoms with Gasteiger partial charge in [-0.25, -0.2) is 9.78 Å². The first-order valence-corrected chi connectivity index (χ1v) is 9.33. The van der Waals surface area contributed by atoms with Gasteiger partial charge in [0.15, 0.2) is 0 Å². The van der Waals surface area contributed by atoms with Crippen molar-refractivity contribution in [2.75, 3.05) is 6.61 Å². The fraction of sp³-hybridized carbons (Fsp3) is 0.304. The molecule has 0 aliphatic heterocycles. The molecule has 0 aliphatic carbocycles. The lowest BCUT2D eigenvalue weighted by Crippen LogP contribution is -2.08. The van der Waals surface area contributed by atoms with Crippen LogP contribution in [0.5, 0.6) is 0 Å². The smallest absolute Gasteiger partial charge is 0.338 e. The molecule has 1 aromatic heterocycles. The van der Waals surface area contributed by atoms with Crippen LogP contribution in [-0.2, 0) is 4.74 Å². The Hall–Kier alpha value is -2.68. The van der Waals surface area contributed by atoms with Crippen molar-refractivity contribution in [3.05, 3.63) is 65.7 Å². The number of carbonyl (C=O) groups is 1. The van der Waals surface area contributed by atoms with Gasteiger partial charge in [-0.1, -0.05) is 74.7 Å². The molecule has 134 valence electrons. The van der Waals surface area contributed by atoms with Crippen LogP contribution in [0.1, 0.15) is 48.5 Å². The number of esters is 1. The van der Waals surface area contributed by atoms with Crippen molar-refractivity contribution in [3.63, 3.8) is 0 Å². The predicted octanol–water partition coefficient (Wildman–Crippen LogP) is 5.95. The van der Waals surface area contributed by atoms with Crippen LogP contribution in [0.15, 0.2) is 54.6 Å². The van der Waals surface area contributed by atoms with Gasteiger partial charge in [0, 0.05) is 10.9 Å². The van der Waals surface area contributed by atoms with Gasteiger partial charge in [-0.05, 0) is 25.0 Å². The quantitative estimate of drug-likeness (QED) is 0.392. The Balaban J connectivity index is 1.95. The van der Waals surface area contributed by atoms with Crippen LogP contribution in [0.3, 0.4) is 0 Å². The summed E-state index contributed by atoms with van der Waals surface area (Å²) in [5.41, 5.74) is 4.29. The number of unbranched alkanes of at least 4 members (excludes halogenated alkanes) is 3. The van der Waals surface area contributed by atoms with E-state index in [0.29, 0.717) is 12.2 Å². The summed E-state index contributed by atoms with van der Waals surface area (Å²) in [4.78, 5) is 17.5. The zero-order valence-electron chi connectivity index (χ0n) is 15.5. The molecule has 0 fully saturated rings. The molecule has 3 nitrogen and oxygen atoms in total. The molecule has 0 spiro atoms. The van der Waals surface area contributed by atoms with E-state index in [9.17, 15) is 4.79 Å². The number of carbonyl (C=O) groups excluding carboxylic acids is 1. The third kappa shape index (κ3) is 4.10. The molecule has 0 N–H and O–H groups in total. The largest absolute Gasteiger partial charge is 0.462 e. The minimum absolute atomic E-state index is 0.267. The molecule has 3 heteroatoms. The third-order valence-corrected chi connectivity index (χ3v) is 4.56. The van der Waals surface area contributed by atoms with Crippen LogP contribution in [-0.4, -0.2) is 17.6 Å². The summed E-state index contributed by atoms with van der Waals surface area (Å²) in [5, 5.41) is 0.850. The Morgan fingerprint density at radius 2 is 1.81 bits per heavy atom. The predicted molar refractivity (Wildman–Crippen MR) is 106 cm³/mol. The summed E-state index contributed by atoms with van der Waals surface area (Å²) in [6, 6.07) is 17.7. The molecule has 0 amide bonds. The van der Waals surface area contributed by atoms with Gasteiger partial charge in [0.1, 0.15) is 0 Å². The van der Waals surface area contributed by atoms with Gasteiger partial charge in [-0.15, -0.1) is 0 Å². The number of benzene rings is 2. The number of rotatable bonds is 7. The van der Waals surface area contributed by atoms with Crippen LogP contribution < -0.4 is 0 Å². The number of ether oxygens (including phenoxy) is 1. The lowest BCUT2D eigenvalue weighted by molar-refractivity contribution is 0.0500. The molecule has 0 aliphatic rings. The van der Waals surface area contributed by atoms with Gasteiger partial charge in [0.2, 0.25) is 0 Å². The van der Waals surface area contributed by atoms with Crippen LogP contribution in [0.2, 0.25) is 0 Å². The van der Waals surface area contributed by atoms with Crippen molar-refractivity contribution in [3.8, 4) is 11.3 Å². The van der Waals surface area contributed by atoms with Gasteiger partial charge >= 0.3 is 5.97 Å². The molecule has 3 rings (SSSR count). The van der Waals surface area contributed by atoms with Crippen molar-refractivity contribution in [1.82, 2.24) is 4.98 Å². The van der Waals surface area contributed by atoms with E-state index in [2.05, 4.69) is 6.92 Å². The van der Waals surface area contributed by atoms with Crippen molar-refractivity contribution in [1.29, 1.82) is 0 Å². The molecule has 0 bridgehead atoms. The molecule has 0 atom stereocenters. The normalized spacial score (nSPS) is 10.8. The summed E-state index contributed by atoms with van der Waals surface area (Å²) >= 11 is 0. The van der Waals surface area contributed by atoms with E-state index in [-0.39, 0.29) is 5.97 Å². The molecule has 1 heterocycles. The summed E-state index contributed by atoms with van der Waals surface area (Å²) < 4.78 is 5.55. The molecule has 0 saturated heterocycles. The van der Waals surface area contributed by atoms with Crippen LogP contribution in [0.4, 0.5) is 0 Å². The molecule has 0 unspecified atom stereocenters. The van der Waals surface area contributed by atoms with Crippen LogP contribution in [0.25, 0.3) is 22.2 Å². The summed E-state index contributed by atoms with van der Waals surface area (Å²) in [7, 11) is 0. The second-order valence-electron chi connectivity index (χ2n) is 6.59. The highest BCUT2D eigenvalue weighted by Gasteiger charge is 2.16. The highest BCUT2D eigenvalue weighted by Crippen LogP contribution is 2.27. The fourth-order valence-electron chi connectivity index (χ4n) is 3.09. The maximum absolute atomic E-state index is 12.7. The van der Waals surface area contributed by atoms with Gasteiger partial charge in [-0.2, -0.15) is 0 Å². The number of fused-ring (bicyclic) bond motifs is 1. The van der Waals surface area contributed by atoms with Crippen molar-refractivity contribution in [2.45, 2.75) is 39.5 Å². The number of hydrogen-bond acceptors (Lipinski definition) is 3. The van der Waals surface area contributed by atoms with Crippen LogP contribution in [0, 0.1) is 6.92 Å². The minimum atomic E-state index is -0.267. The molecule has 0 radical (unpaired) electrons. The lowest BCUT2D eigenvalue weighted by atomic mass is 10.0. The highest BCUT2D eigenvalue weighted by molar-refractivity contribution is 6.05. The first kappa shape index (κ1) is 18.1. The van der Waals surface area contributed by atoms with E-state index in [1.165, 1.54) is 12.8 Å². The molecular formula is C23H25NO2. The van der Waals surface area contributed by atoms with E-state index in [1.54, 1.807) is 0 Å². The van der Waals surface area contributed by atoms with Crippen molar-refractivity contribution >= 4 is 16.9 Å². The SMILES string of the molecule is CCCCCCOC(=O)c1cc(-c2ccccc2)nc2c(C)cccc12. The Kier molecular flexibility index (Phi) is 6.00. The van der Waals surface area contributed by atoms with Gasteiger partial charge in [0.25, 0.3) is 0 Å². The highest BCUT2D eigenvalue weighted by atomic mass is 16.5. The van der Waals surface area contributed by atoms with E-state index in [0.717, 1.165) is 40.6 Å². The van der Waals surface area contributed by atoms with Crippen LogP contribution >= 0.6 is 0 Å². The Morgan fingerprint density at radius 1 is 1.00 bits per heavy atom. The topological polar surface area (TPSA) is 39.2 Å². The summed E-state index contributed by atoms with van der Waals surface area (Å²) in [6.45, 7) is 4.65. The average molecular weight is 347 g/mol. The van der Waals surface area contributed by atoms with Crippen molar-refractivity contribution in [2.24, 2.45) is 0 Å². The zero-order valence-corrected chi connectivity index (χ0v) is 15.5. The fourth-order valence-corrected chi connectivity index (χ4v) is 3.09. The minimum Gasteiger partial charge on any atom is -0.462 e. The summed E-state index contributed by atoms with van der Waals surface area (Å²) in [6.07, 6.45) is 4.35. The number of hydrogen-bond donors (Lipinski definition) is 0. The average Bonchev–Trinajstić information content (AvgIpc) is 2.68. The number of nitrogens with zero attached hydrogens (tertiary/aromatic N) is 1. The maximum Gasteiger partial charge on any atom is 0.338 e. The van der Waals surface area contributed by atoms with Gasteiger partial charge in [-0.3, -0.25) is 0 Å². The monoisotopic (exact) mass is 347 g/mol. The lowest BCUT2D eigenvalue weighted by Gasteiger charge is -2.11. The standard InChI is InChI=1S/C23H25NO2/c1-3-4-5-9-15-26-23(25)20-16-21(18-12-7-6-8-13-18)24-22-17(2)11-10-14-19(20)22/h6-8,10-14,16H,3-5,9,15H2,1-2H3. The molecule has 3 aromatic rings. The first-order valence-electron chi connectivity index (χ1n) is 9.33. The second-order valence-corrected chi connectivity index (χ2v) is 6.59. The second kappa shape index (κ2) is 8.61. The first-order chi connectivity index (χ1) is 12.7. The number of aryl methyl sites for hydroxylation is 1. The number of pyridine rings is 1. The Bertz CT molecular complexity index is 887. The van der Waals surface area contributed by atoms with E-state index in [1.807, 2.05) is 61.5 Å². The molecule has 0 saturated carbocycles. The van der Waals surface area contributed by atoms with Crippen molar-refractivity contribution < 1.29 is 9.53 Å².